The molecule has 1 saturated heterocycles. The van der Waals surface area contributed by atoms with Gasteiger partial charge in [0.1, 0.15) is 0 Å². The zero-order chi connectivity index (χ0) is 12.9. The van der Waals surface area contributed by atoms with Crippen LogP contribution in [-0.4, -0.2) is 31.2 Å². The molecule has 3 heteroatoms. The summed E-state index contributed by atoms with van der Waals surface area (Å²) < 4.78 is 17.3. The van der Waals surface area contributed by atoms with Crippen molar-refractivity contribution in [2.75, 3.05) is 13.2 Å². The van der Waals surface area contributed by atoms with E-state index in [1.54, 1.807) is 0 Å². The highest BCUT2D eigenvalue weighted by Gasteiger charge is 2.38. The average molecular weight is 242 g/mol. The van der Waals surface area contributed by atoms with E-state index in [1.165, 1.54) is 0 Å². The van der Waals surface area contributed by atoms with Crippen molar-refractivity contribution in [1.82, 2.24) is 0 Å². The molecule has 3 nitrogen and oxygen atoms in total. The maximum Gasteiger partial charge on any atom is 0.163 e. The first-order valence-electron chi connectivity index (χ1n) is 6.56. The Morgan fingerprint density at radius 2 is 2.24 bits per heavy atom. The van der Waals surface area contributed by atoms with E-state index in [1.807, 2.05) is 19.9 Å². The van der Waals surface area contributed by atoms with Crippen LogP contribution in [0.1, 0.15) is 40.5 Å². The van der Waals surface area contributed by atoms with Gasteiger partial charge in [-0.25, -0.2) is 0 Å². The summed E-state index contributed by atoms with van der Waals surface area (Å²) in [5.41, 5.74) is 0. The minimum atomic E-state index is -0.477. The van der Waals surface area contributed by atoms with Crippen molar-refractivity contribution in [1.29, 1.82) is 0 Å². The van der Waals surface area contributed by atoms with Crippen molar-refractivity contribution in [3.63, 3.8) is 0 Å². The lowest BCUT2D eigenvalue weighted by atomic mass is 9.97. The molecule has 1 heterocycles. The Bertz CT molecular complexity index is 238. The number of unbranched alkanes of at least 4 members (excludes halogenated alkanes) is 1. The summed E-state index contributed by atoms with van der Waals surface area (Å²) in [6.45, 7) is 13.4. The predicted molar refractivity (Wildman–Crippen MR) is 68.9 cm³/mol. The lowest BCUT2D eigenvalue weighted by Crippen LogP contribution is -2.33. The van der Waals surface area contributed by atoms with Crippen molar-refractivity contribution in [2.24, 2.45) is 5.92 Å². The quantitative estimate of drug-likeness (QED) is 0.507. The molecule has 0 bridgehead atoms. The van der Waals surface area contributed by atoms with Crippen molar-refractivity contribution in [3.8, 4) is 0 Å². The summed E-state index contributed by atoms with van der Waals surface area (Å²) >= 11 is 0. The van der Waals surface area contributed by atoms with Gasteiger partial charge in [-0.2, -0.15) is 0 Å². The number of rotatable bonds is 7. The van der Waals surface area contributed by atoms with E-state index in [4.69, 9.17) is 14.2 Å². The summed E-state index contributed by atoms with van der Waals surface area (Å²) in [5.74, 6) is -0.289. The molecule has 0 aromatic heterocycles. The van der Waals surface area contributed by atoms with Crippen LogP contribution in [-0.2, 0) is 14.2 Å². The Hall–Kier alpha value is -0.380. The predicted octanol–water partition coefficient (Wildman–Crippen LogP) is 3.15. The second-order valence-electron chi connectivity index (χ2n) is 5.11. The van der Waals surface area contributed by atoms with Gasteiger partial charge in [0, 0.05) is 12.5 Å². The van der Waals surface area contributed by atoms with Gasteiger partial charge < -0.3 is 14.2 Å². The van der Waals surface area contributed by atoms with E-state index in [0.717, 1.165) is 19.4 Å². The van der Waals surface area contributed by atoms with E-state index in [0.29, 0.717) is 6.61 Å². The first-order valence-corrected chi connectivity index (χ1v) is 6.56. The van der Waals surface area contributed by atoms with Crippen LogP contribution < -0.4 is 0 Å². The molecule has 0 radical (unpaired) electrons. The molecule has 1 rings (SSSR count). The minimum Gasteiger partial charge on any atom is -0.378 e. The molecule has 1 aliphatic heterocycles. The fourth-order valence-electron chi connectivity index (χ4n) is 2.08. The van der Waals surface area contributed by atoms with Crippen LogP contribution in [0.2, 0.25) is 0 Å². The number of hydrogen-bond acceptors (Lipinski definition) is 3. The molecule has 1 aliphatic rings. The maximum absolute atomic E-state index is 5.86. The van der Waals surface area contributed by atoms with Crippen LogP contribution in [0.25, 0.3) is 0 Å². The third-order valence-electron chi connectivity index (χ3n) is 3.15. The molecule has 0 unspecified atom stereocenters. The Balaban J connectivity index is 2.45. The Kier molecular flexibility index (Phi) is 5.63. The zero-order valence-electron chi connectivity index (χ0n) is 11.6. The van der Waals surface area contributed by atoms with Crippen LogP contribution in [0.3, 0.4) is 0 Å². The van der Waals surface area contributed by atoms with Gasteiger partial charge in [0.25, 0.3) is 0 Å². The average Bonchev–Trinajstić information content (AvgIpc) is 2.60. The van der Waals surface area contributed by atoms with Gasteiger partial charge in [0.15, 0.2) is 5.79 Å². The third kappa shape index (κ3) is 4.41. The summed E-state index contributed by atoms with van der Waals surface area (Å²) in [6, 6.07) is 0. The summed E-state index contributed by atoms with van der Waals surface area (Å²) in [6.07, 6.45) is 4.36. The number of hydrogen-bond donors (Lipinski definition) is 0. The first kappa shape index (κ1) is 14.7. The molecule has 100 valence electrons. The highest BCUT2D eigenvalue weighted by Crippen LogP contribution is 2.29. The molecule has 0 aromatic carbocycles. The van der Waals surface area contributed by atoms with Gasteiger partial charge in [0.2, 0.25) is 0 Å². The third-order valence-corrected chi connectivity index (χ3v) is 3.15. The lowest BCUT2D eigenvalue weighted by Gasteiger charge is -2.26. The number of ether oxygens (including phenoxy) is 3. The Morgan fingerprint density at radius 3 is 2.71 bits per heavy atom. The SMILES string of the molecule is C=C[C@H]([C@@H]1COC(C)(C)O1)[C@@H](C)OCCCC. The van der Waals surface area contributed by atoms with Gasteiger partial charge in [0.05, 0.1) is 18.8 Å². The molecule has 3 atom stereocenters. The Morgan fingerprint density at radius 1 is 1.53 bits per heavy atom. The molecule has 17 heavy (non-hydrogen) atoms. The topological polar surface area (TPSA) is 27.7 Å². The van der Waals surface area contributed by atoms with Crippen LogP contribution in [0.15, 0.2) is 12.7 Å². The van der Waals surface area contributed by atoms with Gasteiger partial charge >= 0.3 is 0 Å². The first-order chi connectivity index (χ1) is 8.00. The highest BCUT2D eigenvalue weighted by molar-refractivity contribution is 4.92. The smallest absolute Gasteiger partial charge is 0.163 e. The molecule has 0 saturated carbocycles. The van der Waals surface area contributed by atoms with Gasteiger partial charge in [-0.1, -0.05) is 19.4 Å². The fourth-order valence-corrected chi connectivity index (χ4v) is 2.08. The van der Waals surface area contributed by atoms with Crippen LogP contribution in [0.4, 0.5) is 0 Å². The molecule has 0 amide bonds. The van der Waals surface area contributed by atoms with Gasteiger partial charge in [-0.3, -0.25) is 0 Å². The van der Waals surface area contributed by atoms with E-state index >= 15 is 0 Å². The van der Waals surface area contributed by atoms with Gasteiger partial charge in [-0.05, 0) is 27.2 Å². The molecule has 0 N–H and O–H groups in total. The standard InChI is InChI=1S/C14H26O3/c1-6-8-9-15-11(3)12(7-2)13-10-16-14(4,5)17-13/h7,11-13H,2,6,8-10H2,1,3-5H3/t11-,12+,13+/m1/s1. The van der Waals surface area contributed by atoms with Crippen molar-refractivity contribution >= 4 is 0 Å². The summed E-state index contributed by atoms with van der Waals surface area (Å²) in [5, 5.41) is 0. The molecule has 1 fully saturated rings. The van der Waals surface area contributed by atoms with Crippen LogP contribution >= 0.6 is 0 Å². The van der Waals surface area contributed by atoms with Crippen LogP contribution in [0.5, 0.6) is 0 Å². The maximum atomic E-state index is 5.86. The van der Waals surface area contributed by atoms with E-state index < -0.39 is 5.79 Å². The molecule has 0 aliphatic carbocycles. The second kappa shape index (κ2) is 6.53. The monoisotopic (exact) mass is 242 g/mol. The normalized spacial score (nSPS) is 26.7. The van der Waals surface area contributed by atoms with E-state index in [-0.39, 0.29) is 18.1 Å². The van der Waals surface area contributed by atoms with E-state index in [2.05, 4.69) is 20.4 Å². The van der Waals surface area contributed by atoms with Crippen molar-refractivity contribution in [2.45, 2.75) is 58.5 Å². The summed E-state index contributed by atoms with van der Waals surface area (Å²) in [7, 11) is 0. The molecule has 0 aromatic rings. The van der Waals surface area contributed by atoms with Crippen molar-refractivity contribution in [3.05, 3.63) is 12.7 Å². The van der Waals surface area contributed by atoms with Crippen LogP contribution in [0, 0.1) is 5.92 Å². The second-order valence-corrected chi connectivity index (χ2v) is 5.11. The van der Waals surface area contributed by atoms with Crippen molar-refractivity contribution < 1.29 is 14.2 Å². The van der Waals surface area contributed by atoms with E-state index in [9.17, 15) is 0 Å². The molecular weight excluding hydrogens is 216 g/mol. The molecule has 0 spiro atoms. The lowest BCUT2D eigenvalue weighted by molar-refractivity contribution is -0.148. The zero-order valence-corrected chi connectivity index (χ0v) is 11.6. The highest BCUT2D eigenvalue weighted by atomic mass is 16.7. The van der Waals surface area contributed by atoms with Gasteiger partial charge in [-0.15, -0.1) is 6.58 Å². The fraction of sp³-hybridized carbons (Fsp3) is 0.857. The Labute approximate surface area is 105 Å². The largest absolute Gasteiger partial charge is 0.378 e. The summed E-state index contributed by atoms with van der Waals surface area (Å²) in [4.78, 5) is 0. The minimum absolute atomic E-state index is 0.0547. The molecular formula is C14H26O3.